The highest BCUT2D eigenvalue weighted by Gasteiger charge is 2.50. The first-order chi connectivity index (χ1) is 12.7. The van der Waals surface area contributed by atoms with E-state index in [2.05, 4.69) is 4.85 Å². The standard InChI is InChI=1S/C20H19ClN4OS/c1-12-9-14(7-8-17(12)23-4)24-18(26)20(2,3)25(19(24)27)15-6-5-13(11-22)16(21)10-15/h5-10H,11,22H2,1-3H3. The summed E-state index contributed by atoms with van der Waals surface area (Å²) in [6.45, 7) is 13.0. The normalized spacial score (nSPS) is 16.0. The molecular formula is C20H19ClN4OS. The van der Waals surface area contributed by atoms with Gasteiger partial charge in [0.2, 0.25) is 0 Å². The quantitative estimate of drug-likeness (QED) is 0.607. The number of halogens is 1. The molecule has 0 radical (unpaired) electrons. The first-order valence-electron chi connectivity index (χ1n) is 8.37. The van der Waals surface area contributed by atoms with Crippen LogP contribution in [0.3, 0.4) is 0 Å². The fourth-order valence-electron chi connectivity index (χ4n) is 3.20. The molecule has 3 rings (SSSR count). The molecule has 0 unspecified atom stereocenters. The second kappa shape index (κ2) is 6.93. The van der Waals surface area contributed by atoms with Crippen molar-refractivity contribution >= 4 is 51.9 Å². The van der Waals surface area contributed by atoms with Crippen molar-refractivity contribution in [3.8, 4) is 0 Å². The minimum absolute atomic E-state index is 0.138. The van der Waals surface area contributed by atoms with Crippen LogP contribution < -0.4 is 15.5 Å². The summed E-state index contributed by atoms with van der Waals surface area (Å²) in [6.07, 6.45) is 0. The number of anilines is 2. The van der Waals surface area contributed by atoms with Crippen molar-refractivity contribution in [1.29, 1.82) is 0 Å². The summed E-state index contributed by atoms with van der Waals surface area (Å²) in [5.74, 6) is -0.138. The largest absolute Gasteiger partial charge is 0.326 e. The number of aryl methyl sites for hydroxylation is 1. The van der Waals surface area contributed by atoms with E-state index < -0.39 is 5.54 Å². The summed E-state index contributed by atoms with van der Waals surface area (Å²) < 4.78 is 0. The van der Waals surface area contributed by atoms with Gasteiger partial charge in [0, 0.05) is 22.9 Å². The van der Waals surface area contributed by atoms with Crippen molar-refractivity contribution in [3.05, 3.63) is 64.0 Å². The summed E-state index contributed by atoms with van der Waals surface area (Å²) in [7, 11) is 0. The van der Waals surface area contributed by atoms with Crippen LogP contribution in [-0.4, -0.2) is 16.6 Å². The average molecular weight is 399 g/mol. The lowest BCUT2D eigenvalue weighted by atomic mass is 10.0. The van der Waals surface area contributed by atoms with Crippen LogP contribution in [-0.2, 0) is 11.3 Å². The average Bonchev–Trinajstić information content (AvgIpc) is 2.79. The van der Waals surface area contributed by atoms with E-state index in [1.54, 1.807) is 23.1 Å². The molecule has 2 N–H and O–H groups in total. The van der Waals surface area contributed by atoms with Crippen LogP contribution in [0.1, 0.15) is 25.0 Å². The predicted molar refractivity (Wildman–Crippen MR) is 113 cm³/mol. The molecule has 7 heteroatoms. The summed E-state index contributed by atoms with van der Waals surface area (Å²) in [6, 6.07) is 10.7. The van der Waals surface area contributed by atoms with Crippen molar-refractivity contribution in [3.63, 3.8) is 0 Å². The van der Waals surface area contributed by atoms with Crippen molar-refractivity contribution in [2.75, 3.05) is 9.80 Å². The van der Waals surface area contributed by atoms with Crippen LogP contribution in [0.5, 0.6) is 0 Å². The molecule has 2 aromatic rings. The van der Waals surface area contributed by atoms with Gasteiger partial charge < -0.3 is 10.6 Å². The molecule has 1 aliphatic heterocycles. The Balaban J connectivity index is 2.07. The fraction of sp³-hybridized carbons (Fsp3) is 0.250. The van der Waals surface area contributed by atoms with Crippen LogP contribution in [0, 0.1) is 13.5 Å². The van der Waals surface area contributed by atoms with E-state index >= 15 is 0 Å². The molecule has 5 nitrogen and oxygen atoms in total. The number of hydrogen-bond acceptors (Lipinski definition) is 3. The first-order valence-corrected chi connectivity index (χ1v) is 9.16. The molecule has 27 heavy (non-hydrogen) atoms. The van der Waals surface area contributed by atoms with Crippen molar-refractivity contribution < 1.29 is 4.79 Å². The second-order valence-electron chi connectivity index (χ2n) is 6.88. The molecule has 1 aliphatic rings. The topological polar surface area (TPSA) is 53.9 Å². The maximum atomic E-state index is 13.2. The van der Waals surface area contributed by atoms with E-state index in [1.807, 2.05) is 39.0 Å². The third-order valence-corrected chi connectivity index (χ3v) is 5.46. The lowest BCUT2D eigenvalue weighted by Gasteiger charge is -2.29. The Bertz CT molecular complexity index is 996. The Morgan fingerprint density at radius 1 is 1.22 bits per heavy atom. The Morgan fingerprint density at radius 3 is 2.44 bits per heavy atom. The van der Waals surface area contributed by atoms with Gasteiger partial charge in [0.1, 0.15) is 5.54 Å². The number of nitrogens with two attached hydrogens (primary N) is 1. The zero-order valence-electron chi connectivity index (χ0n) is 15.3. The molecule has 0 atom stereocenters. The smallest absolute Gasteiger partial charge is 0.259 e. The van der Waals surface area contributed by atoms with Crippen molar-refractivity contribution in [1.82, 2.24) is 0 Å². The molecule has 1 amide bonds. The monoisotopic (exact) mass is 398 g/mol. The van der Waals surface area contributed by atoms with E-state index in [1.165, 1.54) is 4.90 Å². The number of benzene rings is 2. The van der Waals surface area contributed by atoms with E-state index in [0.29, 0.717) is 28.1 Å². The van der Waals surface area contributed by atoms with Crippen LogP contribution in [0.15, 0.2) is 36.4 Å². The van der Waals surface area contributed by atoms with Gasteiger partial charge in [0.15, 0.2) is 10.8 Å². The van der Waals surface area contributed by atoms with Gasteiger partial charge in [-0.3, -0.25) is 9.69 Å². The van der Waals surface area contributed by atoms with Gasteiger partial charge in [-0.1, -0.05) is 23.7 Å². The maximum Gasteiger partial charge on any atom is 0.259 e. The highest BCUT2D eigenvalue weighted by atomic mass is 35.5. The minimum atomic E-state index is -0.878. The molecular weight excluding hydrogens is 380 g/mol. The third-order valence-electron chi connectivity index (χ3n) is 4.74. The summed E-state index contributed by atoms with van der Waals surface area (Å²) >= 11 is 12.0. The summed E-state index contributed by atoms with van der Waals surface area (Å²) in [5, 5.41) is 0.910. The number of carbonyl (C=O) groups excluding carboxylic acids is 1. The zero-order chi connectivity index (χ0) is 19.9. The van der Waals surface area contributed by atoms with Gasteiger partial charge in [-0.2, -0.15) is 0 Å². The summed E-state index contributed by atoms with van der Waals surface area (Å²) in [4.78, 5) is 20.0. The highest BCUT2D eigenvalue weighted by Crippen LogP contribution is 2.38. The van der Waals surface area contributed by atoms with Crippen LogP contribution >= 0.6 is 23.8 Å². The molecule has 0 aromatic heterocycles. The lowest BCUT2D eigenvalue weighted by molar-refractivity contribution is -0.120. The van der Waals surface area contributed by atoms with Crippen LogP contribution in [0.2, 0.25) is 5.02 Å². The molecule has 0 spiro atoms. The van der Waals surface area contributed by atoms with Gasteiger partial charge in [-0.15, -0.1) is 0 Å². The van der Waals surface area contributed by atoms with Gasteiger partial charge in [0.05, 0.1) is 6.57 Å². The van der Waals surface area contributed by atoms with Gasteiger partial charge in [-0.05, 0) is 68.4 Å². The van der Waals surface area contributed by atoms with Crippen LogP contribution in [0.4, 0.5) is 17.1 Å². The molecule has 1 saturated heterocycles. The Kier molecular flexibility index (Phi) is 4.96. The van der Waals surface area contributed by atoms with E-state index in [-0.39, 0.29) is 5.91 Å². The molecule has 2 aromatic carbocycles. The first kappa shape index (κ1) is 19.3. The highest BCUT2D eigenvalue weighted by molar-refractivity contribution is 7.81. The lowest BCUT2D eigenvalue weighted by Crippen LogP contribution is -2.44. The number of rotatable bonds is 3. The molecule has 0 bridgehead atoms. The third kappa shape index (κ3) is 3.08. The number of nitrogens with zero attached hydrogens (tertiary/aromatic N) is 3. The maximum absolute atomic E-state index is 13.2. The fourth-order valence-corrected chi connectivity index (χ4v) is 3.98. The molecule has 0 saturated carbocycles. The molecule has 1 heterocycles. The molecule has 1 fully saturated rings. The van der Waals surface area contributed by atoms with Crippen molar-refractivity contribution in [2.24, 2.45) is 5.73 Å². The van der Waals surface area contributed by atoms with Gasteiger partial charge >= 0.3 is 0 Å². The SMILES string of the molecule is [C-]#[N+]c1ccc(N2C(=O)C(C)(C)N(c3ccc(CN)c(Cl)c3)C2=S)cc1C. The van der Waals surface area contributed by atoms with Crippen LogP contribution in [0.25, 0.3) is 4.85 Å². The Morgan fingerprint density at radius 2 is 1.89 bits per heavy atom. The minimum Gasteiger partial charge on any atom is -0.326 e. The number of amides is 1. The molecule has 0 aliphatic carbocycles. The van der Waals surface area contributed by atoms with E-state index in [4.69, 9.17) is 36.1 Å². The number of hydrogen-bond donors (Lipinski definition) is 1. The summed E-state index contributed by atoms with van der Waals surface area (Å²) in [5.41, 5.74) is 8.37. The van der Waals surface area contributed by atoms with Crippen molar-refractivity contribution in [2.45, 2.75) is 32.9 Å². The van der Waals surface area contributed by atoms with E-state index in [0.717, 1.165) is 16.8 Å². The number of thiocarbonyl (C=S) groups is 1. The zero-order valence-corrected chi connectivity index (χ0v) is 16.9. The Labute approximate surface area is 169 Å². The Hall–Kier alpha value is -2.46. The second-order valence-corrected chi connectivity index (χ2v) is 7.65. The number of carbonyl (C=O) groups is 1. The van der Waals surface area contributed by atoms with Gasteiger partial charge in [-0.25, -0.2) is 4.85 Å². The van der Waals surface area contributed by atoms with E-state index in [9.17, 15) is 4.79 Å². The molecule has 138 valence electrons. The predicted octanol–water partition coefficient (Wildman–Crippen LogP) is 4.57. The van der Waals surface area contributed by atoms with Gasteiger partial charge in [0.25, 0.3) is 5.91 Å².